The summed E-state index contributed by atoms with van der Waals surface area (Å²) >= 11 is 0. The van der Waals surface area contributed by atoms with Crippen LogP contribution in [0.4, 0.5) is 0 Å². The Morgan fingerprint density at radius 2 is 1.76 bits per heavy atom. The number of pyridine rings is 2. The fraction of sp³-hybridized carbons (Fsp3) is 0.115. The molecule has 0 radical (unpaired) electrons. The number of rotatable bonds is 5. The molecule has 0 saturated carbocycles. The van der Waals surface area contributed by atoms with Crippen molar-refractivity contribution in [2.75, 3.05) is 0 Å². The number of carbonyl (C=O) groups is 2. The van der Waals surface area contributed by atoms with E-state index in [0.29, 0.717) is 17.0 Å². The number of likely N-dealkylation sites (tertiary alicyclic amines) is 1. The van der Waals surface area contributed by atoms with Gasteiger partial charge in [-0.25, -0.2) is 4.68 Å². The molecule has 34 heavy (non-hydrogen) atoms. The van der Waals surface area contributed by atoms with Gasteiger partial charge in [0.25, 0.3) is 11.7 Å². The van der Waals surface area contributed by atoms with Gasteiger partial charge in [-0.15, -0.1) is 0 Å². The van der Waals surface area contributed by atoms with Crippen LogP contribution in [0.5, 0.6) is 0 Å². The molecule has 5 rings (SSSR count). The van der Waals surface area contributed by atoms with Crippen molar-refractivity contribution in [1.29, 1.82) is 0 Å². The predicted molar refractivity (Wildman–Crippen MR) is 125 cm³/mol. The minimum Gasteiger partial charge on any atom is -0.507 e. The van der Waals surface area contributed by atoms with Gasteiger partial charge in [0, 0.05) is 25.1 Å². The van der Waals surface area contributed by atoms with Crippen LogP contribution in [0.15, 0.2) is 91.0 Å². The number of amides is 1. The number of para-hydroxylation sites is 1. The van der Waals surface area contributed by atoms with Crippen LogP contribution in [0.25, 0.3) is 11.4 Å². The minimum atomic E-state index is -0.846. The number of aliphatic hydroxyl groups is 1. The van der Waals surface area contributed by atoms with Gasteiger partial charge in [-0.2, -0.15) is 5.10 Å². The maximum Gasteiger partial charge on any atom is 0.296 e. The Balaban J connectivity index is 1.64. The number of carbonyl (C=O) groups excluding carboxylic acids is 2. The number of aromatic nitrogens is 4. The maximum absolute atomic E-state index is 13.2. The third kappa shape index (κ3) is 3.65. The van der Waals surface area contributed by atoms with E-state index in [1.807, 2.05) is 36.4 Å². The van der Waals surface area contributed by atoms with Crippen LogP contribution in [-0.4, -0.2) is 41.4 Å². The summed E-state index contributed by atoms with van der Waals surface area (Å²) in [4.78, 5) is 36.2. The number of benzene rings is 1. The fourth-order valence-corrected chi connectivity index (χ4v) is 4.19. The number of nitrogens with zero attached hydrogens (tertiary/aromatic N) is 5. The lowest BCUT2D eigenvalue weighted by molar-refractivity contribution is -0.140. The van der Waals surface area contributed by atoms with E-state index in [2.05, 4.69) is 15.1 Å². The van der Waals surface area contributed by atoms with Gasteiger partial charge in [0.2, 0.25) is 0 Å². The first-order valence-electron chi connectivity index (χ1n) is 10.7. The van der Waals surface area contributed by atoms with E-state index in [1.165, 1.54) is 11.1 Å². The molecule has 1 fully saturated rings. The van der Waals surface area contributed by atoms with E-state index < -0.39 is 17.7 Å². The first-order chi connectivity index (χ1) is 16.6. The topological polar surface area (TPSA) is 101 Å². The number of hydrogen-bond donors (Lipinski definition) is 1. The first-order valence-corrected chi connectivity index (χ1v) is 10.7. The quantitative estimate of drug-likeness (QED) is 0.283. The van der Waals surface area contributed by atoms with Crippen molar-refractivity contribution < 1.29 is 14.7 Å². The number of Topliss-reactive ketones (excluding diaryl/α,β-unsaturated/α-hetero) is 1. The van der Waals surface area contributed by atoms with Gasteiger partial charge < -0.3 is 10.0 Å². The molecule has 1 atom stereocenters. The molecule has 4 heterocycles. The molecule has 1 amide bonds. The van der Waals surface area contributed by atoms with Crippen LogP contribution in [0.3, 0.4) is 0 Å². The average Bonchev–Trinajstić information content (AvgIpc) is 3.38. The molecular formula is C26H21N5O3. The van der Waals surface area contributed by atoms with E-state index in [1.54, 1.807) is 54.5 Å². The molecule has 1 aliphatic heterocycles. The summed E-state index contributed by atoms with van der Waals surface area (Å²) in [7, 11) is 0. The molecule has 168 valence electrons. The van der Waals surface area contributed by atoms with Crippen molar-refractivity contribution in [2.24, 2.45) is 0 Å². The highest BCUT2D eigenvalue weighted by atomic mass is 16.3. The molecule has 1 N–H and O–H groups in total. The zero-order valence-electron chi connectivity index (χ0n) is 18.4. The van der Waals surface area contributed by atoms with E-state index in [0.717, 1.165) is 11.3 Å². The Morgan fingerprint density at radius 1 is 0.971 bits per heavy atom. The van der Waals surface area contributed by atoms with Gasteiger partial charge in [-0.05, 0) is 42.8 Å². The van der Waals surface area contributed by atoms with Gasteiger partial charge in [-0.3, -0.25) is 19.6 Å². The second kappa shape index (κ2) is 8.74. The zero-order valence-corrected chi connectivity index (χ0v) is 18.4. The van der Waals surface area contributed by atoms with E-state index in [4.69, 9.17) is 0 Å². The normalized spacial score (nSPS) is 17.3. The fourth-order valence-electron chi connectivity index (χ4n) is 4.19. The van der Waals surface area contributed by atoms with Gasteiger partial charge >= 0.3 is 0 Å². The SMILES string of the molecule is Cc1c(C(O)=C2C(=O)C(=O)N(Cc3cccnc3)[C@H]2c2ccccn2)cnn1-c1ccccc1. The van der Waals surface area contributed by atoms with E-state index >= 15 is 0 Å². The Kier molecular flexibility index (Phi) is 5.47. The summed E-state index contributed by atoms with van der Waals surface area (Å²) in [6, 6.07) is 17.5. The zero-order chi connectivity index (χ0) is 23.7. The van der Waals surface area contributed by atoms with Crippen LogP contribution in [-0.2, 0) is 16.1 Å². The molecule has 3 aromatic heterocycles. The average molecular weight is 451 g/mol. The Bertz CT molecular complexity index is 1380. The maximum atomic E-state index is 13.2. The van der Waals surface area contributed by atoms with E-state index in [9.17, 15) is 14.7 Å². The molecular weight excluding hydrogens is 430 g/mol. The third-order valence-corrected chi connectivity index (χ3v) is 5.85. The van der Waals surface area contributed by atoms with Crippen LogP contribution in [0.2, 0.25) is 0 Å². The van der Waals surface area contributed by atoms with Crippen LogP contribution < -0.4 is 0 Å². The van der Waals surface area contributed by atoms with Crippen LogP contribution in [0.1, 0.15) is 28.6 Å². The van der Waals surface area contributed by atoms with Crippen LogP contribution in [0, 0.1) is 6.92 Å². The van der Waals surface area contributed by atoms with Crippen molar-refractivity contribution >= 4 is 17.4 Å². The second-order valence-corrected chi connectivity index (χ2v) is 7.93. The first kappa shape index (κ1) is 21.3. The van der Waals surface area contributed by atoms with Gasteiger partial charge in [0.15, 0.2) is 0 Å². The number of ketones is 1. The Morgan fingerprint density at radius 3 is 2.47 bits per heavy atom. The molecule has 8 heteroatoms. The second-order valence-electron chi connectivity index (χ2n) is 7.93. The lowest BCUT2D eigenvalue weighted by atomic mass is 9.98. The molecule has 1 aromatic carbocycles. The molecule has 0 unspecified atom stereocenters. The third-order valence-electron chi connectivity index (χ3n) is 5.85. The lowest BCUT2D eigenvalue weighted by Gasteiger charge is -2.24. The molecule has 0 bridgehead atoms. The monoisotopic (exact) mass is 451 g/mol. The van der Waals surface area contributed by atoms with Gasteiger partial charge in [0.05, 0.1) is 34.4 Å². The number of hydrogen-bond acceptors (Lipinski definition) is 6. The standard InChI is InChI=1S/C26H21N5O3/c1-17-20(15-29-31(17)19-9-3-2-4-10-19)24(32)22-23(21-11-5-6-13-28-21)30(26(34)25(22)33)16-18-8-7-12-27-14-18/h2-15,23,32H,16H2,1H3/t23-/m0/s1. The van der Waals surface area contributed by atoms with Crippen molar-refractivity contribution in [1.82, 2.24) is 24.6 Å². The summed E-state index contributed by atoms with van der Waals surface area (Å²) < 4.78 is 1.68. The van der Waals surface area contributed by atoms with Crippen molar-refractivity contribution in [3.63, 3.8) is 0 Å². The van der Waals surface area contributed by atoms with Gasteiger partial charge in [-0.1, -0.05) is 30.3 Å². The van der Waals surface area contributed by atoms with Crippen molar-refractivity contribution in [3.8, 4) is 5.69 Å². The Labute approximate surface area is 195 Å². The largest absolute Gasteiger partial charge is 0.507 e. The number of aliphatic hydroxyl groups excluding tert-OH is 1. The lowest BCUT2D eigenvalue weighted by Crippen LogP contribution is -2.29. The summed E-state index contributed by atoms with van der Waals surface area (Å²) in [5, 5.41) is 15.7. The highest BCUT2D eigenvalue weighted by Gasteiger charge is 2.47. The molecule has 8 nitrogen and oxygen atoms in total. The summed E-state index contributed by atoms with van der Waals surface area (Å²) in [5.74, 6) is -1.74. The van der Waals surface area contributed by atoms with E-state index in [-0.39, 0.29) is 17.9 Å². The Hall–Kier alpha value is -4.59. The van der Waals surface area contributed by atoms with Crippen LogP contribution >= 0.6 is 0 Å². The molecule has 0 aliphatic carbocycles. The van der Waals surface area contributed by atoms with Crippen molar-refractivity contribution in [2.45, 2.75) is 19.5 Å². The molecule has 4 aromatic rings. The highest BCUT2D eigenvalue weighted by molar-refractivity contribution is 6.46. The van der Waals surface area contributed by atoms with Gasteiger partial charge in [0.1, 0.15) is 11.8 Å². The molecule has 0 spiro atoms. The summed E-state index contributed by atoms with van der Waals surface area (Å²) in [6.07, 6.45) is 6.38. The minimum absolute atomic E-state index is 0.0108. The smallest absolute Gasteiger partial charge is 0.296 e. The molecule has 1 aliphatic rings. The highest BCUT2D eigenvalue weighted by Crippen LogP contribution is 2.40. The predicted octanol–water partition coefficient (Wildman–Crippen LogP) is 3.59. The molecule has 1 saturated heterocycles. The summed E-state index contributed by atoms with van der Waals surface area (Å²) in [5.41, 5.74) is 3.07. The van der Waals surface area contributed by atoms with Crippen molar-refractivity contribution in [3.05, 3.63) is 114 Å². The summed E-state index contributed by atoms with van der Waals surface area (Å²) in [6.45, 7) is 1.95.